The smallest absolute Gasteiger partial charge is 0.210 e. The van der Waals surface area contributed by atoms with Crippen molar-refractivity contribution in [1.29, 1.82) is 0 Å². The van der Waals surface area contributed by atoms with E-state index >= 15 is 0 Å². The van der Waals surface area contributed by atoms with Crippen molar-refractivity contribution in [3.8, 4) is 0 Å². The summed E-state index contributed by atoms with van der Waals surface area (Å²) in [6.07, 6.45) is 9.09. The van der Waals surface area contributed by atoms with Gasteiger partial charge in [-0.2, -0.15) is 11.8 Å². The number of hydrogen-bond donors (Lipinski definition) is 0. The lowest BCUT2D eigenvalue weighted by atomic mass is 10.1. The van der Waals surface area contributed by atoms with Crippen molar-refractivity contribution < 1.29 is 4.79 Å². The van der Waals surface area contributed by atoms with Crippen molar-refractivity contribution in [2.24, 2.45) is 0 Å². The summed E-state index contributed by atoms with van der Waals surface area (Å²) in [4.78, 5) is 22.0. The molecule has 0 aliphatic heterocycles. The van der Waals surface area contributed by atoms with Gasteiger partial charge in [-0.3, -0.25) is 4.79 Å². The van der Waals surface area contributed by atoms with Crippen LogP contribution in [0.15, 0.2) is 36.7 Å². The van der Waals surface area contributed by atoms with Gasteiger partial charge in [-0.1, -0.05) is 24.3 Å². The van der Waals surface area contributed by atoms with Crippen LogP contribution in [0, 0.1) is 0 Å². The van der Waals surface area contributed by atoms with Crippen LogP contribution in [-0.4, -0.2) is 27.5 Å². The van der Waals surface area contributed by atoms with Gasteiger partial charge in [-0.05, 0) is 30.2 Å². The molecule has 1 aromatic heterocycles. The van der Waals surface area contributed by atoms with Gasteiger partial charge < -0.3 is 4.90 Å². The molecular weight excluding hydrogens is 306 g/mol. The molecule has 0 N–H and O–H groups in total. The number of carbonyl (C=O) groups excluding carboxylic acids is 1. The van der Waals surface area contributed by atoms with Crippen LogP contribution in [0.25, 0.3) is 0 Å². The number of nitrogens with zero attached hydrogens (tertiary/aromatic N) is 3. The number of aromatic nitrogens is 2. The number of thioether (sulfide) groups is 1. The van der Waals surface area contributed by atoms with E-state index in [2.05, 4.69) is 40.5 Å². The van der Waals surface area contributed by atoms with Crippen LogP contribution in [0.4, 0.5) is 0 Å². The molecule has 1 fully saturated rings. The lowest BCUT2D eigenvalue weighted by Gasteiger charge is -2.17. The lowest BCUT2D eigenvalue weighted by Crippen LogP contribution is -2.21. The molecule has 3 rings (SSSR count). The van der Waals surface area contributed by atoms with E-state index in [0.29, 0.717) is 19.0 Å². The lowest BCUT2D eigenvalue weighted by molar-refractivity contribution is -0.119. The van der Waals surface area contributed by atoms with Crippen LogP contribution in [0.3, 0.4) is 0 Å². The van der Waals surface area contributed by atoms with Gasteiger partial charge in [0, 0.05) is 42.7 Å². The Labute approximate surface area is 141 Å². The third-order valence-electron chi connectivity index (χ3n) is 3.89. The Kier molecular flexibility index (Phi) is 5.28. The summed E-state index contributed by atoms with van der Waals surface area (Å²) >= 11 is 1.80. The molecular formula is C18H21N3OS. The first-order chi connectivity index (χ1) is 11.3. The minimum Gasteiger partial charge on any atom is -0.336 e. The fraction of sp³-hybridized carbons (Fsp3) is 0.389. The van der Waals surface area contributed by atoms with Crippen molar-refractivity contribution in [3.05, 3.63) is 59.2 Å². The molecule has 120 valence electrons. The Morgan fingerprint density at radius 2 is 1.87 bits per heavy atom. The molecule has 23 heavy (non-hydrogen) atoms. The highest BCUT2D eigenvalue weighted by molar-refractivity contribution is 7.97. The first-order valence-electron chi connectivity index (χ1n) is 7.85. The zero-order valence-electron chi connectivity index (χ0n) is 13.3. The third-order valence-corrected chi connectivity index (χ3v) is 4.51. The Balaban J connectivity index is 1.62. The van der Waals surface area contributed by atoms with Gasteiger partial charge >= 0.3 is 0 Å². The second-order valence-corrected chi connectivity index (χ2v) is 6.85. The van der Waals surface area contributed by atoms with E-state index in [1.807, 2.05) is 12.4 Å². The van der Waals surface area contributed by atoms with E-state index in [0.717, 1.165) is 29.1 Å². The molecule has 1 aromatic carbocycles. The molecule has 0 unspecified atom stereocenters. The number of benzene rings is 1. The summed E-state index contributed by atoms with van der Waals surface area (Å²) in [5, 5.41) is 0. The molecule has 0 bridgehead atoms. The Morgan fingerprint density at radius 1 is 1.17 bits per heavy atom. The van der Waals surface area contributed by atoms with Crippen LogP contribution >= 0.6 is 11.8 Å². The summed E-state index contributed by atoms with van der Waals surface area (Å²) in [6, 6.07) is 8.40. The molecule has 1 saturated carbocycles. The highest BCUT2D eigenvalue weighted by Gasteiger charge is 2.26. The van der Waals surface area contributed by atoms with Crippen LogP contribution < -0.4 is 0 Å². The van der Waals surface area contributed by atoms with E-state index in [1.54, 1.807) is 16.7 Å². The van der Waals surface area contributed by atoms with Gasteiger partial charge in [0.25, 0.3) is 0 Å². The zero-order valence-corrected chi connectivity index (χ0v) is 14.1. The number of rotatable bonds is 8. The van der Waals surface area contributed by atoms with Gasteiger partial charge in [0.05, 0.1) is 0 Å². The SMILES string of the molecule is CSCc1cccc(CN(C=O)Cc2cnc(C3CC3)nc2)c1. The van der Waals surface area contributed by atoms with Crippen LogP contribution in [-0.2, 0) is 23.6 Å². The maximum Gasteiger partial charge on any atom is 0.210 e. The number of carbonyl (C=O) groups is 1. The standard InChI is InChI=1S/C18H21N3OS/c1-23-12-15-4-2-3-14(7-15)10-21(13-22)11-16-8-19-18(20-9-16)17-5-6-17/h2-4,7-9,13,17H,5-6,10-12H2,1H3. The van der Waals surface area contributed by atoms with Crippen molar-refractivity contribution >= 4 is 18.2 Å². The summed E-state index contributed by atoms with van der Waals surface area (Å²) in [6.45, 7) is 1.15. The molecule has 1 aliphatic rings. The summed E-state index contributed by atoms with van der Waals surface area (Å²) in [5.74, 6) is 2.49. The first kappa shape index (κ1) is 16.0. The van der Waals surface area contributed by atoms with E-state index in [1.165, 1.54) is 18.4 Å². The summed E-state index contributed by atoms with van der Waals surface area (Å²) in [7, 11) is 0. The first-order valence-corrected chi connectivity index (χ1v) is 9.25. The van der Waals surface area contributed by atoms with Crippen molar-refractivity contribution in [3.63, 3.8) is 0 Å². The quantitative estimate of drug-likeness (QED) is 0.697. The van der Waals surface area contributed by atoms with Gasteiger partial charge in [0.15, 0.2) is 0 Å². The van der Waals surface area contributed by atoms with Gasteiger partial charge in [0.1, 0.15) is 5.82 Å². The van der Waals surface area contributed by atoms with E-state index < -0.39 is 0 Å². The molecule has 1 heterocycles. The van der Waals surface area contributed by atoms with E-state index in [-0.39, 0.29) is 0 Å². The minimum absolute atomic E-state index is 0.543. The Morgan fingerprint density at radius 3 is 2.52 bits per heavy atom. The van der Waals surface area contributed by atoms with Crippen LogP contribution in [0.2, 0.25) is 0 Å². The van der Waals surface area contributed by atoms with E-state index in [9.17, 15) is 4.79 Å². The second kappa shape index (κ2) is 7.59. The number of hydrogen-bond acceptors (Lipinski definition) is 4. The molecule has 0 saturated heterocycles. The maximum atomic E-state index is 11.4. The molecule has 2 aromatic rings. The average molecular weight is 327 g/mol. The second-order valence-electron chi connectivity index (χ2n) is 5.99. The van der Waals surface area contributed by atoms with Gasteiger partial charge in [0.2, 0.25) is 6.41 Å². The van der Waals surface area contributed by atoms with Crippen LogP contribution in [0.1, 0.15) is 41.3 Å². The average Bonchev–Trinajstić information content (AvgIpc) is 3.40. The van der Waals surface area contributed by atoms with Crippen molar-refractivity contribution in [2.45, 2.75) is 37.6 Å². The fourth-order valence-electron chi connectivity index (χ4n) is 2.58. The van der Waals surface area contributed by atoms with Gasteiger partial charge in [-0.25, -0.2) is 9.97 Å². The van der Waals surface area contributed by atoms with Crippen molar-refractivity contribution in [2.75, 3.05) is 6.26 Å². The Hall–Kier alpha value is -1.88. The minimum atomic E-state index is 0.543. The summed E-state index contributed by atoms with van der Waals surface area (Å²) < 4.78 is 0. The molecule has 0 atom stereocenters. The molecule has 1 aliphatic carbocycles. The largest absolute Gasteiger partial charge is 0.336 e. The molecule has 0 radical (unpaired) electrons. The molecule has 0 spiro atoms. The monoisotopic (exact) mass is 327 g/mol. The van der Waals surface area contributed by atoms with E-state index in [4.69, 9.17) is 0 Å². The highest BCUT2D eigenvalue weighted by Crippen LogP contribution is 2.37. The normalized spacial score (nSPS) is 13.8. The summed E-state index contributed by atoms with van der Waals surface area (Å²) in [5.41, 5.74) is 3.42. The van der Waals surface area contributed by atoms with Crippen LogP contribution in [0.5, 0.6) is 0 Å². The topological polar surface area (TPSA) is 46.1 Å². The zero-order chi connectivity index (χ0) is 16.1. The highest BCUT2D eigenvalue weighted by atomic mass is 32.2. The number of amides is 1. The predicted octanol–water partition coefficient (Wildman–Crippen LogP) is 3.38. The Bertz CT molecular complexity index is 656. The molecule has 4 nitrogen and oxygen atoms in total. The van der Waals surface area contributed by atoms with Crippen molar-refractivity contribution in [1.82, 2.24) is 14.9 Å². The van der Waals surface area contributed by atoms with Gasteiger partial charge in [-0.15, -0.1) is 0 Å². The third kappa shape index (κ3) is 4.55. The predicted molar refractivity (Wildman–Crippen MR) is 93.0 cm³/mol. The molecule has 5 heteroatoms. The fourth-order valence-corrected chi connectivity index (χ4v) is 3.10. The molecule has 1 amide bonds. The maximum absolute atomic E-state index is 11.4.